The second-order valence-electron chi connectivity index (χ2n) is 8.34. The Kier molecular flexibility index (Phi) is 6.88. The van der Waals surface area contributed by atoms with Gasteiger partial charge in [-0.2, -0.15) is 0 Å². The zero-order chi connectivity index (χ0) is 18.4. The lowest BCUT2D eigenvalue weighted by Gasteiger charge is -2.29. The maximum Gasteiger partial charge on any atom is 0.407 e. The van der Waals surface area contributed by atoms with E-state index in [-0.39, 0.29) is 6.09 Å². The first-order valence-corrected chi connectivity index (χ1v) is 9.55. The number of fused-ring (bicyclic) bond motifs is 1. The maximum absolute atomic E-state index is 11.6. The number of amides is 1. The van der Waals surface area contributed by atoms with Crippen LogP contribution in [0.4, 0.5) is 4.79 Å². The molecule has 0 radical (unpaired) electrons. The molecule has 1 aromatic carbocycles. The van der Waals surface area contributed by atoms with Gasteiger partial charge in [-0.05, 0) is 69.2 Å². The SMILES string of the molecule is CC(C)c1ccc2c(c1)CN(CCCCNC(=O)OC(C)(C)C)CC2. The third-order valence-electron chi connectivity index (χ3n) is 4.56. The smallest absolute Gasteiger partial charge is 0.407 e. The Morgan fingerprint density at radius 3 is 2.68 bits per heavy atom. The Morgan fingerprint density at radius 1 is 1.24 bits per heavy atom. The van der Waals surface area contributed by atoms with Gasteiger partial charge in [-0.25, -0.2) is 4.79 Å². The highest BCUT2D eigenvalue weighted by molar-refractivity contribution is 5.67. The molecule has 0 aromatic heterocycles. The Hall–Kier alpha value is -1.55. The molecule has 2 rings (SSSR count). The van der Waals surface area contributed by atoms with E-state index in [0.717, 1.165) is 38.9 Å². The van der Waals surface area contributed by atoms with Crippen molar-refractivity contribution in [2.45, 2.75) is 71.9 Å². The molecule has 140 valence electrons. The minimum absolute atomic E-state index is 0.319. The molecule has 1 aliphatic heterocycles. The first-order valence-electron chi connectivity index (χ1n) is 9.55. The number of ether oxygens (including phenoxy) is 1. The van der Waals surface area contributed by atoms with Crippen LogP contribution >= 0.6 is 0 Å². The van der Waals surface area contributed by atoms with E-state index in [4.69, 9.17) is 4.74 Å². The summed E-state index contributed by atoms with van der Waals surface area (Å²) in [6, 6.07) is 6.98. The van der Waals surface area contributed by atoms with Crippen LogP contribution in [0, 0.1) is 0 Å². The minimum Gasteiger partial charge on any atom is -0.444 e. The molecule has 4 nitrogen and oxygen atoms in total. The summed E-state index contributed by atoms with van der Waals surface area (Å²) in [7, 11) is 0. The summed E-state index contributed by atoms with van der Waals surface area (Å²) >= 11 is 0. The van der Waals surface area contributed by atoms with Crippen molar-refractivity contribution in [1.82, 2.24) is 10.2 Å². The van der Waals surface area contributed by atoms with E-state index in [1.54, 1.807) is 0 Å². The summed E-state index contributed by atoms with van der Waals surface area (Å²) in [5.41, 5.74) is 4.00. The average Bonchev–Trinajstić information content (AvgIpc) is 2.52. The topological polar surface area (TPSA) is 41.6 Å². The minimum atomic E-state index is -0.430. The van der Waals surface area contributed by atoms with Gasteiger partial charge < -0.3 is 10.1 Å². The van der Waals surface area contributed by atoms with Crippen molar-refractivity contribution in [3.8, 4) is 0 Å². The van der Waals surface area contributed by atoms with Crippen molar-refractivity contribution < 1.29 is 9.53 Å². The number of unbranched alkanes of at least 4 members (excludes halogenated alkanes) is 1. The summed E-state index contributed by atoms with van der Waals surface area (Å²) in [6.45, 7) is 14.1. The van der Waals surface area contributed by atoms with E-state index in [1.807, 2.05) is 20.8 Å². The van der Waals surface area contributed by atoms with Gasteiger partial charge in [-0.1, -0.05) is 32.0 Å². The highest BCUT2D eigenvalue weighted by Crippen LogP contribution is 2.24. The molecule has 0 atom stereocenters. The number of benzene rings is 1. The summed E-state index contributed by atoms with van der Waals surface area (Å²) in [4.78, 5) is 14.1. The number of carbonyl (C=O) groups is 1. The van der Waals surface area contributed by atoms with Crippen molar-refractivity contribution >= 4 is 6.09 Å². The standard InChI is InChI=1S/C21H34N2O2/c1-16(2)18-9-8-17-10-13-23(15-19(17)14-18)12-7-6-11-22-20(24)25-21(3,4)5/h8-9,14,16H,6-7,10-13,15H2,1-5H3,(H,22,24). The molecule has 1 aliphatic rings. The summed E-state index contributed by atoms with van der Waals surface area (Å²) in [5, 5.41) is 2.83. The highest BCUT2D eigenvalue weighted by atomic mass is 16.6. The molecule has 4 heteroatoms. The fourth-order valence-corrected chi connectivity index (χ4v) is 3.15. The number of nitrogens with zero attached hydrogens (tertiary/aromatic N) is 1. The van der Waals surface area contributed by atoms with Gasteiger partial charge in [-0.3, -0.25) is 4.90 Å². The van der Waals surface area contributed by atoms with Crippen molar-refractivity contribution in [2.75, 3.05) is 19.6 Å². The molecular weight excluding hydrogens is 312 g/mol. The van der Waals surface area contributed by atoms with Gasteiger partial charge in [0.05, 0.1) is 0 Å². The maximum atomic E-state index is 11.6. The van der Waals surface area contributed by atoms with Gasteiger partial charge in [0.25, 0.3) is 0 Å². The molecule has 0 fully saturated rings. The van der Waals surface area contributed by atoms with E-state index in [1.165, 1.54) is 16.7 Å². The second-order valence-corrected chi connectivity index (χ2v) is 8.34. The Balaban J connectivity index is 1.69. The summed E-state index contributed by atoms with van der Waals surface area (Å²) in [5.74, 6) is 0.583. The van der Waals surface area contributed by atoms with Crippen molar-refractivity contribution in [1.29, 1.82) is 0 Å². The van der Waals surface area contributed by atoms with Gasteiger partial charge in [0.15, 0.2) is 0 Å². The molecule has 0 saturated carbocycles. The monoisotopic (exact) mass is 346 g/mol. The van der Waals surface area contributed by atoms with Crippen LogP contribution in [0.5, 0.6) is 0 Å². The molecule has 0 aliphatic carbocycles. The van der Waals surface area contributed by atoms with Crippen LogP contribution < -0.4 is 5.32 Å². The Morgan fingerprint density at radius 2 is 2.00 bits per heavy atom. The van der Waals surface area contributed by atoms with Crippen LogP contribution in [-0.2, 0) is 17.7 Å². The largest absolute Gasteiger partial charge is 0.444 e. The summed E-state index contributed by atoms with van der Waals surface area (Å²) in [6.07, 6.45) is 2.90. The Labute approximate surface area is 152 Å². The summed E-state index contributed by atoms with van der Waals surface area (Å²) < 4.78 is 5.24. The third-order valence-corrected chi connectivity index (χ3v) is 4.56. The quantitative estimate of drug-likeness (QED) is 0.773. The van der Waals surface area contributed by atoms with E-state index in [0.29, 0.717) is 12.5 Å². The first kappa shape index (κ1) is 19.8. The zero-order valence-electron chi connectivity index (χ0n) is 16.5. The molecule has 0 unspecified atom stereocenters. The lowest BCUT2D eigenvalue weighted by molar-refractivity contribution is 0.0526. The van der Waals surface area contributed by atoms with Gasteiger partial charge in [0.2, 0.25) is 0 Å². The highest BCUT2D eigenvalue weighted by Gasteiger charge is 2.17. The van der Waals surface area contributed by atoms with Crippen molar-refractivity contribution in [3.05, 3.63) is 34.9 Å². The lowest BCUT2D eigenvalue weighted by atomic mass is 9.93. The average molecular weight is 347 g/mol. The van der Waals surface area contributed by atoms with Gasteiger partial charge >= 0.3 is 6.09 Å². The van der Waals surface area contributed by atoms with Crippen LogP contribution in [0.15, 0.2) is 18.2 Å². The molecule has 1 amide bonds. The molecule has 1 N–H and O–H groups in total. The van der Waals surface area contributed by atoms with E-state index >= 15 is 0 Å². The number of nitrogens with one attached hydrogen (secondary N) is 1. The van der Waals surface area contributed by atoms with Crippen LogP contribution in [0.1, 0.15) is 70.1 Å². The van der Waals surface area contributed by atoms with E-state index in [2.05, 4.69) is 42.3 Å². The molecule has 0 bridgehead atoms. The Bertz CT molecular complexity index is 576. The number of alkyl carbamates (subject to hydrolysis) is 1. The van der Waals surface area contributed by atoms with Crippen LogP contribution in [-0.4, -0.2) is 36.2 Å². The van der Waals surface area contributed by atoms with Crippen molar-refractivity contribution in [2.24, 2.45) is 0 Å². The van der Waals surface area contributed by atoms with Gasteiger partial charge in [0, 0.05) is 19.6 Å². The number of hydrogen-bond donors (Lipinski definition) is 1. The molecule has 1 heterocycles. The number of hydrogen-bond acceptors (Lipinski definition) is 3. The van der Waals surface area contributed by atoms with Crippen LogP contribution in [0.3, 0.4) is 0 Å². The van der Waals surface area contributed by atoms with Crippen LogP contribution in [0.2, 0.25) is 0 Å². The normalized spacial score (nSPS) is 15.1. The lowest BCUT2D eigenvalue weighted by Crippen LogP contribution is -2.34. The first-order chi connectivity index (χ1) is 11.7. The zero-order valence-corrected chi connectivity index (χ0v) is 16.5. The molecule has 0 spiro atoms. The fourth-order valence-electron chi connectivity index (χ4n) is 3.15. The van der Waals surface area contributed by atoms with E-state index in [9.17, 15) is 4.79 Å². The molecular formula is C21H34N2O2. The predicted molar refractivity (Wildman–Crippen MR) is 103 cm³/mol. The predicted octanol–water partition coefficient (Wildman–Crippen LogP) is 4.47. The molecule has 25 heavy (non-hydrogen) atoms. The van der Waals surface area contributed by atoms with Gasteiger partial charge in [-0.15, -0.1) is 0 Å². The van der Waals surface area contributed by atoms with Crippen molar-refractivity contribution in [3.63, 3.8) is 0 Å². The van der Waals surface area contributed by atoms with E-state index < -0.39 is 5.60 Å². The van der Waals surface area contributed by atoms with Gasteiger partial charge in [0.1, 0.15) is 5.60 Å². The van der Waals surface area contributed by atoms with Crippen LogP contribution in [0.25, 0.3) is 0 Å². The number of carbonyl (C=O) groups excluding carboxylic acids is 1. The third kappa shape index (κ3) is 6.69. The fraction of sp³-hybridized carbons (Fsp3) is 0.667. The molecule has 0 saturated heterocycles. The molecule has 1 aromatic rings. The number of rotatable bonds is 6. The second kappa shape index (κ2) is 8.70.